The molecule has 0 aliphatic rings. The lowest BCUT2D eigenvalue weighted by Crippen LogP contribution is -1.99. The van der Waals surface area contributed by atoms with Crippen LogP contribution in [0.2, 0.25) is 0 Å². The van der Waals surface area contributed by atoms with Gasteiger partial charge in [0.2, 0.25) is 0 Å². The Morgan fingerprint density at radius 3 is 2.33 bits per heavy atom. The molecule has 0 spiro atoms. The van der Waals surface area contributed by atoms with Gasteiger partial charge in [-0.3, -0.25) is 4.99 Å². The number of allylic oxidation sites excluding steroid dienone is 3. The molecular formula is C10H18N2. The maximum absolute atomic E-state index is 5.43. The van der Waals surface area contributed by atoms with Crippen molar-refractivity contribution < 1.29 is 0 Å². The number of hydrogen-bond acceptors (Lipinski definition) is 2. The van der Waals surface area contributed by atoms with Crippen LogP contribution in [0.4, 0.5) is 0 Å². The summed E-state index contributed by atoms with van der Waals surface area (Å²) < 4.78 is 0. The molecule has 0 amide bonds. The molecule has 0 radical (unpaired) electrons. The van der Waals surface area contributed by atoms with Crippen LogP contribution in [0.25, 0.3) is 0 Å². The molecule has 0 aromatic carbocycles. The molecule has 0 saturated heterocycles. The maximum atomic E-state index is 5.43. The minimum atomic E-state index is 0.434. The van der Waals surface area contributed by atoms with Gasteiger partial charge in [-0.15, -0.1) is 0 Å². The molecule has 0 atom stereocenters. The molecule has 0 rings (SSSR count). The van der Waals surface area contributed by atoms with Crippen molar-refractivity contribution in [3.8, 4) is 0 Å². The standard InChI is InChI=1S/C10H18N2/c1-5-9(4)12-7-10(6-11)8(2)3/h5-8H,11H2,1-4H3/b9-5-,10-6+,12-7-. The molecule has 0 aromatic heterocycles. The summed E-state index contributed by atoms with van der Waals surface area (Å²) in [5.41, 5.74) is 7.50. The van der Waals surface area contributed by atoms with Gasteiger partial charge in [-0.05, 0) is 31.5 Å². The quantitative estimate of drug-likeness (QED) is 0.643. The minimum Gasteiger partial charge on any atom is -0.404 e. The third kappa shape index (κ3) is 3.96. The Labute approximate surface area is 74.9 Å². The molecule has 0 aliphatic carbocycles. The van der Waals surface area contributed by atoms with E-state index in [2.05, 4.69) is 18.8 Å². The molecular weight excluding hydrogens is 148 g/mol. The molecule has 0 aromatic rings. The van der Waals surface area contributed by atoms with Gasteiger partial charge < -0.3 is 5.73 Å². The molecule has 68 valence electrons. The second-order valence-electron chi connectivity index (χ2n) is 3.01. The van der Waals surface area contributed by atoms with Gasteiger partial charge in [0.15, 0.2) is 0 Å². The molecule has 12 heavy (non-hydrogen) atoms. The largest absolute Gasteiger partial charge is 0.404 e. The average Bonchev–Trinajstić information content (AvgIpc) is 2.04. The first-order valence-corrected chi connectivity index (χ1v) is 4.20. The second-order valence-corrected chi connectivity index (χ2v) is 3.01. The summed E-state index contributed by atoms with van der Waals surface area (Å²) >= 11 is 0. The van der Waals surface area contributed by atoms with Crippen LogP contribution < -0.4 is 5.73 Å². The van der Waals surface area contributed by atoms with E-state index in [0.29, 0.717) is 5.92 Å². The van der Waals surface area contributed by atoms with Crippen LogP contribution >= 0.6 is 0 Å². The third-order valence-corrected chi connectivity index (χ3v) is 1.69. The van der Waals surface area contributed by atoms with E-state index in [1.165, 1.54) is 0 Å². The fraction of sp³-hybridized carbons (Fsp3) is 0.500. The van der Waals surface area contributed by atoms with Crippen LogP contribution in [-0.2, 0) is 0 Å². The van der Waals surface area contributed by atoms with E-state index < -0.39 is 0 Å². The van der Waals surface area contributed by atoms with Crippen molar-refractivity contribution in [2.75, 3.05) is 0 Å². The van der Waals surface area contributed by atoms with Gasteiger partial charge in [0.1, 0.15) is 0 Å². The fourth-order valence-corrected chi connectivity index (χ4v) is 0.635. The Morgan fingerprint density at radius 2 is 2.00 bits per heavy atom. The van der Waals surface area contributed by atoms with Crippen molar-refractivity contribution in [3.63, 3.8) is 0 Å². The predicted molar refractivity (Wildman–Crippen MR) is 55.0 cm³/mol. The predicted octanol–water partition coefficient (Wildman–Crippen LogP) is 2.48. The lowest BCUT2D eigenvalue weighted by atomic mass is 10.1. The Kier molecular flexibility index (Phi) is 5.09. The first-order valence-electron chi connectivity index (χ1n) is 4.20. The van der Waals surface area contributed by atoms with Gasteiger partial charge in [-0.2, -0.15) is 0 Å². The smallest absolute Gasteiger partial charge is 0.0330 e. The average molecular weight is 166 g/mol. The van der Waals surface area contributed by atoms with Crippen LogP contribution in [0.15, 0.2) is 28.5 Å². The van der Waals surface area contributed by atoms with E-state index in [1.54, 1.807) is 6.20 Å². The highest BCUT2D eigenvalue weighted by Crippen LogP contribution is 2.05. The van der Waals surface area contributed by atoms with Crippen molar-refractivity contribution >= 4 is 6.21 Å². The summed E-state index contributed by atoms with van der Waals surface area (Å²) in [4.78, 5) is 4.22. The molecule has 0 bridgehead atoms. The first kappa shape index (κ1) is 11.0. The molecule has 2 heteroatoms. The maximum Gasteiger partial charge on any atom is 0.0330 e. The normalized spacial score (nSPS) is 14.8. The number of hydrogen-bond donors (Lipinski definition) is 1. The van der Waals surface area contributed by atoms with Crippen LogP contribution in [0, 0.1) is 5.92 Å². The number of rotatable bonds is 3. The van der Waals surface area contributed by atoms with E-state index in [-0.39, 0.29) is 0 Å². The highest BCUT2D eigenvalue weighted by atomic mass is 14.7. The summed E-state index contributed by atoms with van der Waals surface area (Å²) in [7, 11) is 0. The Morgan fingerprint density at radius 1 is 1.42 bits per heavy atom. The van der Waals surface area contributed by atoms with E-state index in [9.17, 15) is 0 Å². The van der Waals surface area contributed by atoms with Gasteiger partial charge in [0.05, 0.1) is 0 Å². The molecule has 2 N–H and O–H groups in total. The second kappa shape index (κ2) is 5.58. The fourth-order valence-electron chi connectivity index (χ4n) is 0.635. The zero-order valence-electron chi connectivity index (χ0n) is 8.33. The summed E-state index contributed by atoms with van der Waals surface area (Å²) in [6.45, 7) is 8.12. The van der Waals surface area contributed by atoms with Crippen molar-refractivity contribution in [2.45, 2.75) is 27.7 Å². The molecule has 0 fully saturated rings. The first-order chi connectivity index (χ1) is 5.61. The van der Waals surface area contributed by atoms with Crippen molar-refractivity contribution in [1.29, 1.82) is 0 Å². The molecule has 0 unspecified atom stereocenters. The van der Waals surface area contributed by atoms with Crippen LogP contribution in [0.3, 0.4) is 0 Å². The topological polar surface area (TPSA) is 38.4 Å². The Balaban J connectivity index is 4.32. The SMILES string of the molecule is C\C=C(C)/N=C\C(=C/N)C(C)C. The third-order valence-electron chi connectivity index (χ3n) is 1.69. The van der Waals surface area contributed by atoms with E-state index >= 15 is 0 Å². The lowest BCUT2D eigenvalue weighted by molar-refractivity contribution is 0.803. The van der Waals surface area contributed by atoms with Crippen LogP contribution in [-0.4, -0.2) is 6.21 Å². The minimum absolute atomic E-state index is 0.434. The number of nitrogens with two attached hydrogens (primary N) is 1. The van der Waals surface area contributed by atoms with Gasteiger partial charge in [0.25, 0.3) is 0 Å². The molecule has 0 saturated carbocycles. The number of nitrogens with zero attached hydrogens (tertiary/aromatic N) is 1. The Hall–Kier alpha value is -1.05. The summed E-state index contributed by atoms with van der Waals surface area (Å²) in [5.74, 6) is 0.434. The summed E-state index contributed by atoms with van der Waals surface area (Å²) in [6.07, 6.45) is 5.39. The lowest BCUT2D eigenvalue weighted by Gasteiger charge is -2.03. The highest BCUT2D eigenvalue weighted by molar-refractivity contribution is 5.79. The zero-order valence-corrected chi connectivity index (χ0v) is 8.33. The summed E-state index contributed by atoms with van der Waals surface area (Å²) in [5, 5.41) is 0. The summed E-state index contributed by atoms with van der Waals surface area (Å²) in [6, 6.07) is 0. The highest BCUT2D eigenvalue weighted by Gasteiger charge is 1.97. The zero-order chi connectivity index (χ0) is 9.56. The van der Waals surface area contributed by atoms with Crippen molar-refractivity contribution in [1.82, 2.24) is 0 Å². The van der Waals surface area contributed by atoms with E-state index in [0.717, 1.165) is 11.3 Å². The van der Waals surface area contributed by atoms with E-state index in [4.69, 9.17) is 5.73 Å². The van der Waals surface area contributed by atoms with Crippen LogP contribution in [0.1, 0.15) is 27.7 Å². The monoisotopic (exact) mass is 166 g/mol. The van der Waals surface area contributed by atoms with Gasteiger partial charge >= 0.3 is 0 Å². The van der Waals surface area contributed by atoms with Gasteiger partial charge in [0, 0.05) is 11.9 Å². The number of aliphatic imine (C=N–C) groups is 1. The van der Waals surface area contributed by atoms with Gasteiger partial charge in [-0.25, -0.2) is 0 Å². The van der Waals surface area contributed by atoms with Crippen molar-refractivity contribution in [2.24, 2.45) is 16.6 Å². The van der Waals surface area contributed by atoms with Crippen LogP contribution in [0.5, 0.6) is 0 Å². The van der Waals surface area contributed by atoms with Crippen molar-refractivity contribution in [3.05, 3.63) is 23.5 Å². The van der Waals surface area contributed by atoms with E-state index in [1.807, 2.05) is 26.1 Å². The van der Waals surface area contributed by atoms with Gasteiger partial charge in [-0.1, -0.05) is 19.9 Å². The molecule has 2 nitrogen and oxygen atoms in total. The molecule has 0 aliphatic heterocycles. The molecule has 0 heterocycles. The Bertz CT molecular complexity index is 210.